The molecule has 7 rings (SSSR count). The number of carbonyl (C=O) groups excluding carboxylic acids is 4. The number of hydroxylamine groups is 2. The summed E-state index contributed by atoms with van der Waals surface area (Å²) in [7, 11) is 1.71. The number of rotatable bonds is 7. The van der Waals surface area contributed by atoms with Gasteiger partial charge in [0, 0.05) is 78.1 Å². The predicted molar refractivity (Wildman–Crippen MR) is 193 cm³/mol. The maximum absolute atomic E-state index is 14.2. The molecule has 3 amide bonds. The Morgan fingerprint density at radius 3 is 2.39 bits per heavy atom. The molecular formula is C41H46N4O6. The lowest BCUT2D eigenvalue weighted by Crippen LogP contribution is -2.37. The van der Waals surface area contributed by atoms with E-state index in [-0.39, 0.29) is 48.7 Å². The van der Waals surface area contributed by atoms with Gasteiger partial charge in [-0.15, -0.1) is 5.06 Å². The number of fused-ring (bicyclic) bond motifs is 4. The van der Waals surface area contributed by atoms with E-state index in [1.165, 1.54) is 5.56 Å². The summed E-state index contributed by atoms with van der Waals surface area (Å²) < 4.78 is 6.75. The Hall–Kier alpha value is -4.99. The summed E-state index contributed by atoms with van der Waals surface area (Å²) in [5.74, 6) is 0.108. The molecule has 4 aliphatic rings. The number of hydrogen-bond acceptors (Lipinski definition) is 8. The fourth-order valence-corrected chi connectivity index (χ4v) is 8.29. The second kappa shape index (κ2) is 12.7. The Kier molecular flexibility index (Phi) is 8.55. The topological polar surface area (TPSA) is 118 Å². The van der Waals surface area contributed by atoms with Crippen LogP contribution in [0.15, 0.2) is 53.5 Å². The first kappa shape index (κ1) is 34.5. The van der Waals surface area contributed by atoms with E-state index in [0.717, 1.165) is 57.1 Å². The van der Waals surface area contributed by atoms with Gasteiger partial charge in [0.1, 0.15) is 11.5 Å². The third kappa shape index (κ3) is 6.52. The molecule has 2 unspecified atom stereocenters. The highest BCUT2D eigenvalue weighted by molar-refractivity contribution is 6.02. The van der Waals surface area contributed by atoms with Crippen LogP contribution in [0.25, 0.3) is 5.57 Å². The fourth-order valence-electron chi connectivity index (χ4n) is 8.29. The maximum atomic E-state index is 14.2. The van der Waals surface area contributed by atoms with Crippen molar-refractivity contribution in [2.24, 2.45) is 4.99 Å². The zero-order valence-electron chi connectivity index (χ0n) is 30.5. The first-order valence-corrected chi connectivity index (χ1v) is 17.9. The lowest BCUT2D eigenvalue weighted by Gasteiger charge is -2.38. The van der Waals surface area contributed by atoms with Crippen LogP contribution in [-0.4, -0.2) is 58.3 Å². The molecule has 0 aliphatic carbocycles. The van der Waals surface area contributed by atoms with Gasteiger partial charge in [-0.2, -0.15) is 0 Å². The van der Waals surface area contributed by atoms with Gasteiger partial charge in [-0.05, 0) is 93.7 Å². The molecule has 0 bridgehead atoms. The maximum Gasteiger partial charge on any atom is 0.333 e. The smallest absolute Gasteiger partial charge is 0.333 e. The van der Waals surface area contributed by atoms with Crippen molar-refractivity contribution in [3.05, 3.63) is 86.9 Å². The Labute approximate surface area is 298 Å². The Morgan fingerprint density at radius 1 is 0.941 bits per heavy atom. The normalized spacial score (nSPS) is 20.9. The van der Waals surface area contributed by atoms with Crippen molar-refractivity contribution in [3.63, 3.8) is 0 Å². The number of ether oxygens (including phenoxy) is 1. The number of nitrogens with zero attached hydrogens (tertiary/aromatic N) is 3. The minimum atomic E-state index is -0.686. The van der Waals surface area contributed by atoms with Gasteiger partial charge in [0.2, 0.25) is 0 Å². The molecule has 10 heteroatoms. The minimum Gasteiger partial charge on any atom is -0.456 e. The minimum absolute atomic E-state index is 0.0361. The molecule has 51 heavy (non-hydrogen) atoms. The zero-order valence-corrected chi connectivity index (χ0v) is 30.5. The highest BCUT2D eigenvalue weighted by Gasteiger charge is 2.35. The summed E-state index contributed by atoms with van der Waals surface area (Å²) in [6, 6.07) is 16.3. The Balaban J connectivity index is 1.28. The van der Waals surface area contributed by atoms with Crippen LogP contribution in [0, 0.1) is 0 Å². The monoisotopic (exact) mass is 690 g/mol. The molecule has 10 nitrogen and oxygen atoms in total. The summed E-state index contributed by atoms with van der Waals surface area (Å²) in [6.45, 7) is 13.5. The zero-order chi connectivity index (χ0) is 36.4. The van der Waals surface area contributed by atoms with Crippen LogP contribution < -0.4 is 20.6 Å². The van der Waals surface area contributed by atoms with Gasteiger partial charge < -0.3 is 19.8 Å². The van der Waals surface area contributed by atoms with Gasteiger partial charge in [0.25, 0.3) is 17.7 Å². The predicted octanol–water partition coefficient (Wildman–Crippen LogP) is 6.10. The first-order valence-electron chi connectivity index (χ1n) is 17.9. The number of nitrogens with one attached hydrogen (secondary N) is 1. The Morgan fingerprint density at radius 2 is 1.65 bits per heavy atom. The average Bonchev–Trinajstić information content (AvgIpc) is 3.36. The van der Waals surface area contributed by atoms with Gasteiger partial charge in [0.15, 0.2) is 0 Å². The average molecular weight is 691 g/mol. The number of carbonyl (C=O) groups is 4. The van der Waals surface area contributed by atoms with Crippen molar-refractivity contribution in [1.82, 2.24) is 9.96 Å². The lowest BCUT2D eigenvalue weighted by molar-refractivity contribution is -0.197. The molecule has 1 fully saturated rings. The molecule has 0 radical (unpaired) electrons. The summed E-state index contributed by atoms with van der Waals surface area (Å²) in [5, 5.41) is 6.14. The largest absolute Gasteiger partial charge is 0.456 e. The van der Waals surface area contributed by atoms with Crippen molar-refractivity contribution < 1.29 is 28.8 Å². The molecule has 0 spiro atoms. The van der Waals surface area contributed by atoms with Gasteiger partial charge in [-0.1, -0.05) is 32.0 Å². The molecule has 4 heterocycles. The van der Waals surface area contributed by atoms with E-state index in [4.69, 9.17) is 14.6 Å². The van der Waals surface area contributed by atoms with E-state index >= 15 is 0 Å². The summed E-state index contributed by atoms with van der Waals surface area (Å²) >= 11 is 0. The van der Waals surface area contributed by atoms with E-state index in [9.17, 15) is 19.2 Å². The van der Waals surface area contributed by atoms with Crippen LogP contribution >= 0.6 is 0 Å². The van der Waals surface area contributed by atoms with E-state index in [1.54, 1.807) is 11.9 Å². The molecule has 0 saturated carbocycles. The van der Waals surface area contributed by atoms with Crippen molar-refractivity contribution >= 4 is 35.0 Å². The number of anilines is 1. The highest BCUT2D eigenvalue weighted by atomic mass is 16.7. The summed E-state index contributed by atoms with van der Waals surface area (Å²) in [5.41, 5.74) is 6.38. The van der Waals surface area contributed by atoms with Crippen LogP contribution in [0.4, 0.5) is 5.69 Å². The number of hydrogen-bond donors (Lipinski definition) is 1. The van der Waals surface area contributed by atoms with Crippen LogP contribution in [-0.2, 0) is 19.2 Å². The standard InChI is InChI=1S/C41H46N4O6/c1-23-21-40(3,4)42-31-19-33-29(17-27(23)31)38(30-18-28-24(2)22-41(5,6)43-32(28)20-34(30)50-33)25-11-8-9-12-26(25)39(49)44(7)16-10-13-37(48)51-45-35(46)14-15-36(45)47/h8-9,11-12,17-20,23-24,42H,10,13-16,21-22H2,1-7H3. The molecule has 3 aromatic carbocycles. The third-order valence-electron chi connectivity index (χ3n) is 10.5. The molecular weight excluding hydrogens is 644 g/mol. The molecule has 1 saturated heterocycles. The van der Waals surface area contributed by atoms with Gasteiger partial charge in [-0.3, -0.25) is 19.4 Å². The second-order valence-electron chi connectivity index (χ2n) is 15.9. The second-order valence-corrected chi connectivity index (χ2v) is 15.9. The number of imide groups is 1. The van der Waals surface area contributed by atoms with Crippen LogP contribution in [0.3, 0.4) is 0 Å². The first-order chi connectivity index (χ1) is 24.1. The SMILES string of the molecule is CC1CC(C)(C)Nc2cc3c(cc21)C(c1ccccc1C(=O)N(C)CCCC(=O)ON1C(=O)CCC1=O)=c1cc2c(cc1O3)=NC(C)(C)CC2C. The fraction of sp³-hybridized carbons (Fsp3) is 0.439. The van der Waals surface area contributed by atoms with Crippen LogP contribution in [0.2, 0.25) is 0 Å². The molecule has 2 atom stereocenters. The van der Waals surface area contributed by atoms with Gasteiger partial charge >= 0.3 is 5.97 Å². The van der Waals surface area contributed by atoms with Crippen LogP contribution in [0.5, 0.6) is 11.5 Å². The number of benzene rings is 3. The molecule has 266 valence electrons. The van der Waals surface area contributed by atoms with Crippen molar-refractivity contribution in [2.45, 2.75) is 103 Å². The third-order valence-corrected chi connectivity index (χ3v) is 10.5. The van der Waals surface area contributed by atoms with Gasteiger partial charge in [-0.25, -0.2) is 4.79 Å². The van der Waals surface area contributed by atoms with Crippen molar-refractivity contribution in [2.75, 3.05) is 18.9 Å². The highest BCUT2D eigenvalue weighted by Crippen LogP contribution is 2.46. The summed E-state index contributed by atoms with van der Waals surface area (Å²) in [4.78, 5) is 62.1. The van der Waals surface area contributed by atoms with Gasteiger partial charge in [0.05, 0.1) is 10.9 Å². The number of amides is 3. The quantitative estimate of drug-likeness (QED) is 0.233. The van der Waals surface area contributed by atoms with Crippen molar-refractivity contribution in [3.8, 4) is 11.5 Å². The van der Waals surface area contributed by atoms with E-state index < -0.39 is 17.8 Å². The summed E-state index contributed by atoms with van der Waals surface area (Å²) in [6.07, 6.45) is 2.22. The molecule has 4 aliphatic heterocycles. The molecule has 1 N–H and O–H groups in total. The Bertz CT molecular complexity index is 2100. The molecule has 0 aromatic heterocycles. The van der Waals surface area contributed by atoms with E-state index in [2.05, 4.69) is 71.1 Å². The molecule has 3 aromatic rings. The van der Waals surface area contributed by atoms with E-state index in [0.29, 0.717) is 28.7 Å². The van der Waals surface area contributed by atoms with Crippen LogP contribution in [0.1, 0.15) is 125 Å². The lowest BCUT2D eigenvalue weighted by atomic mass is 9.79. The van der Waals surface area contributed by atoms with E-state index in [1.807, 2.05) is 24.3 Å². The van der Waals surface area contributed by atoms with Crippen molar-refractivity contribution in [1.29, 1.82) is 0 Å².